The summed E-state index contributed by atoms with van der Waals surface area (Å²) in [6.07, 6.45) is 4.29. The number of hydrogen-bond acceptors (Lipinski definition) is 4. The van der Waals surface area contributed by atoms with Crippen molar-refractivity contribution in [2.45, 2.75) is 63.6 Å². The Morgan fingerprint density at radius 2 is 1.59 bits per heavy atom. The molecule has 0 saturated carbocycles. The number of methoxy groups -OCH3 is 1. The average molecular weight is 462 g/mol. The number of carbonyl (C=O) groups is 2. The Morgan fingerprint density at radius 1 is 0.971 bits per heavy atom. The summed E-state index contributed by atoms with van der Waals surface area (Å²) >= 11 is 0. The normalized spacial score (nSPS) is 20.6. The summed E-state index contributed by atoms with van der Waals surface area (Å²) in [4.78, 5) is 33.0. The zero-order valence-corrected chi connectivity index (χ0v) is 20.5. The van der Waals surface area contributed by atoms with Crippen molar-refractivity contribution < 1.29 is 14.3 Å². The van der Waals surface area contributed by atoms with Gasteiger partial charge >= 0.3 is 6.03 Å². The van der Waals surface area contributed by atoms with Crippen LogP contribution in [0.2, 0.25) is 0 Å². The van der Waals surface area contributed by atoms with Gasteiger partial charge in [0.25, 0.3) is 5.91 Å². The molecule has 2 saturated heterocycles. The summed E-state index contributed by atoms with van der Waals surface area (Å²) in [7, 11) is 1.66. The van der Waals surface area contributed by atoms with Crippen LogP contribution in [0.25, 0.3) is 0 Å². The van der Waals surface area contributed by atoms with Crippen LogP contribution in [-0.4, -0.2) is 71.0 Å². The highest BCUT2D eigenvalue weighted by Gasteiger charge is 2.58. The van der Waals surface area contributed by atoms with Gasteiger partial charge in [-0.05, 0) is 74.8 Å². The van der Waals surface area contributed by atoms with Crippen LogP contribution in [-0.2, 0) is 24.1 Å². The van der Waals surface area contributed by atoms with Gasteiger partial charge in [0.15, 0.2) is 0 Å². The van der Waals surface area contributed by atoms with Crippen molar-refractivity contribution >= 4 is 11.9 Å². The third kappa shape index (κ3) is 3.88. The molecule has 2 aromatic carbocycles. The molecule has 34 heavy (non-hydrogen) atoms. The summed E-state index contributed by atoms with van der Waals surface area (Å²) in [5.41, 5.74) is 3.33. The van der Waals surface area contributed by atoms with Crippen LogP contribution < -0.4 is 4.74 Å². The van der Waals surface area contributed by atoms with E-state index in [4.69, 9.17) is 4.74 Å². The van der Waals surface area contributed by atoms with Crippen LogP contribution in [0, 0.1) is 0 Å². The van der Waals surface area contributed by atoms with Gasteiger partial charge in [0.05, 0.1) is 7.11 Å². The number of carbonyl (C=O) groups excluding carboxylic acids is 2. The number of fused-ring (bicyclic) bond motifs is 1. The predicted molar refractivity (Wildman–Crippen MR) is 132 cm³/mol. The standard InChI is InChI=1S/C28H35N3O3/c1-20(2)31-26(32)28(30(27(31)33)15-12-21-8-10-25(34-3)11-9-21)13-16-29(17-14-28)24-18-22-6-4-5-7-23(22)19-24/h4-11,20,24H,12-19H2,1-3H3. The van der Waals surface area contributed by atoms with Gasteiger partial charge in [-0.2, -0.15) is 0 Å². The molecule has 6 nitrogen and oxygen atoms in total. The molecule has 0 bridgehead atoms. The summed E-state index contributed by atoms with van der Waals surface area (Å²) in [5.74, 6) is 0.816. The number of rotatable bonds is 6. The fraction of sp³-hybridized carbons (Fsp3) is 0.500. The van der Waals surface area contributed by atoms with Crippen molar-refractivity contribution in [1.82, 2.24) is 14.7 Å². The second kappa shape index (κ2) is 9.06. The number of ether oxygens (including phenoxy) is 1. The molecule has 0 radical (unpaired) electrons. The van der Waals surface area contributed by atoms with Gasteiger partial charge in [-0.25, -0.2) is 4.79 Å². The number of nitrogens with zero attached hydrogens (tertiary/aromatic N) is 3. The van der Waals surface area contributed by atoms with E-state index in [9.17, 15) is 9.59 Å². The van der Waals surface area contributed by atoms with Crippen molar-refractivity contribution in [3.05, 3.63) is 65.2 Å². The lowest BCUT2D eigenvalue weighted by Gasteiger charge is -2.44. The van der Waals surface area contributed by atoms with Crippen molar-refractivity contribution in [2.75, 3.05) is 26.7 Å². The monoisotopic (exact) mass is 461 g/mol. The minimum absolute atomic E-state index is 0.00316. The molecule has 2 aliphatic heterocycles. The molecular weight excluding hydrogens is 426 g/mol. The molecule has 5 rings (SSSR count). The Balaban J connectivity index is 1.31. The lowest BCUT2D eigenvalue weighted by atomic mass is 9.84. The number of amides is 3. The first kappa shape index (κ1) is 22.9. The molecule has 0 N–H and O–H groups in total. The number of urea groups is 1. The second-order valence-corrected chi connectivity index (χ2v) is 10.2. The highest BCUT2D eigenvalue weighted by atomic mass is 16.5. The second-order valence-electron chi connectivity index (χ2n) is 10.2. The van der Waals surface area contributed by atoms with E-state index < -0.39 is 5.54 Å². The maximum absolute atomic E-state index is 13.7. The summed E-state index contributed by atoms with van der Waals surface area (Å²) in [5, 5.41) is 0. The lowest BCUT2D eigenvalue weighted by Crippen LogP contribution is -2.58. The maximum atomic E-state index is 13.7. The summed E-state index contributed by atoms with van der Waals surface area (Å²) < 4.78 is 5.26. The van der Waals surface area contributed by atoms with Crippen LogP contribution in [0.15, 0.2) is 48.5 Å². The summed E-state index contributed by atoms with van der Waals surface area (Å²) in [6, 6.07) is 16.9. The third-order valence-electron chi connectivity index (χ3n) is 8.04. The van der Waals surface area contributed by atoms with Crippen LogP contribution in [0.3, 0.4) is 0 Å². The quantitative estimate of drug-likeness (QED) is 0.612. The molecule has 0 unspecified atom stereocenters. The van der Waals surface area contributed by atoms with Crippen LogP contribution in [0.1, 0.15) is 43.4 Å². The Hall–Kier alpha value is -2.86. The summed E-state index contributed by atoms with van der Waals surface area (Å²) in [6.45, 7) is 6.11. The highest BCUT2D eigenvalue weighted by molar-refractivity contribution is 6.07. The topological polar surface area (TPSA) is 53.1 Å². The van der Waals surface area contributed by atoms with Gasteiger partial charge in [-0.3, -0.25) is 14.6 Å². The van der Waals surface area contributed by atoms with E-state index in [2.05, 4.69) is 29.2 Å². The smallest absolute Gasteiger partial charge is 0.327 e. The van der Waals surface area contributed by atoms with Crippen molar-refractivity contribution in [1.29, 1.82) is 0 Å². The Labute approximate surface area is 202 Å². The first-order chi connectivity index (χ1) is 16.4. The molecule has 1 spiro atoms. The van der Waals surface area contributed by atoms with E-state index in [1.54, 1.807) is 7.11 Å². The van der Waals surface area contributed by atoms with Crippen molar-refractivity contribution in [3.63, 3.8) is 0 Å². The Bertz CT molecular complexity index is 1030. The fourth-order valence-electron chi connectivity index (χ4n) is 6.07. The molecule has 2 aromatic rings. The van der Waals surface area contributed by atoms with Crippen molar-refractivity contribution in [2.24, 2.45) is 0 Å². The minimum atomic E-state index is -0.713. The zero-order chi connectivity index (χ0) is 23.9. The first-order valence-electron chi connectivity index (χ1n) is 12.5. The van der Waals surface area contributed by atoms with Gasteiger partial charge in [-0.1, -0.05) is 36.4 Å². The van der Waals surface area contributed by atoms with E-state index in [0.29, 0.717) is 25.4 Å². The zero-order valence-electron chi connectivity index (χ0n) is 20.5. The average Bonchev–Trinajstić information content (AvgIpc) is 3.36. The number of likely N-dealkylation sites (tertiary alicyclic amines) is 1. The van der Waals surface area contributed by atoms with Gasteiger partial charge in [0.2, 0.25) is 0 Å². The van der Waals surface area contributed by atoms with E-state index >= 15 is 0 Å². The van der Waals surface area contributed by atoms with Crippen molar-refractivity contribution in [3.8, 4) is 5.75 Å². The molecule has 0 aromatic heterocycles. The van der Waals surface area contributed by atoms with Crippen LogP contribution in [0.5, 0.6) is 5.75 Å². The molecular formula is C28H35N3O3. The molecule has 3 amide bonds. The van der Waals surface area contributed by atoms with Crippen LogP contribution in [0.4, 0.5) is 4.79 Å². The number of benzene rings is 2. The van der Waals surface area contributed by atoms with E-state index in [1.807, 2.05) is 43.0 Å². The Morgan fingerprint density at radius 3 is 2.15 bits per heavy atom. The minimum Gasteiger partial charge on any atom is -0.497 e. The molecule has 180 valence electrons. The lowest BCUT2D eigenvalue weighted by molar-refractivity contribution is -0.137. The van der Waals surface area contributed by atoms with Gasteiger partial charge in [0.1, 0.15) is 11.3 Å². The fourth-order valence-corrected chi connectivity index (χ4v) is 6.07. The largest absolute Gasteiger partial charge is 0.497 e. The van der Waals surface area contributed by atoms with E-state index in [1.165, 1.54) is 16.0 Å². The van der Waals surface area contributed by atoms with Crippen LogP contribution >= 0.6 is 0 Å². The van der Waals surface area contributed by atoms with E-state index in [0.717, 1.165) is 43.7 Å². The number of piperidine rings is 1. The highest BCUT2D eigenvalue weighted by Crippen LogP contribution is 2.40. The molecule has 0 atom stereocenters. The SMILES string of the molecule is COc1ccc(CCN2C(=O)N(C(C)C)C(=O)C23CCN(C2Cc4ccccc4C2)CC3)cc1. The molecule has 3 aliphatic rings. The van der Waals surface area contributed by atoms with Gasteiger partial charge in [-0.15, -0.1) is 0 Å². The first-order valence-corrected chi connectivity index (χ1v) is 12.5. The van der Waals surface area contributed by atoms with Gasteiger partial charge in [0, 0.05) is 31.7 Å². The molecule has 6 heteroatoms. The number of hydrogen-bond donors (Lipinski definition) is 0. The van der Waals surface area contributed by atoms with Gasteiger partial charge < -0.3 is 9.64 Å². The number of imide groups is 1. The third-order valence-corrected chi connectivity index (χ3v) is 8.04. The molecule has 2 heterocycles. The Kier molecular flexibility index (Phi) is 6.11. The van der Waals surface area contributed by atoms with E-state index in [-0.39, 0.29) is 18.0 Å². The predicted octanol–water partition coefficient (Wildman–Crippen LogP) is 3.91. The molecule has 1 aliphatic carbocycles. The molecule has 2 fully saturated rings. The maximum Gasteiger partial charge on any atom is 0.327 e.